The summed E-state index contributed by atoms with van der Waals surface area (Å²) < 4.78 is 1.46. The molecule has 0 unspecified atom stereocenters. The Morgan fingerprint density at radius 3 is 3.40 bits per heavy atom. The molecule has 0 aliphatic carbocycles. The fourth-order valence-corrected chi connectivity index (χ4v) is 1.35. The summed E-state index contributed by atoms with van der Waals surface area (Å²) in [6.45, 7) is 0. The molecule has 2 aromatic rings. The van der Waals surface area contributed by atoms with E-state index in [-0.39, 0.29) is 5.56 Å². The molecule has 0 aromatic carbocycles. The maximum absolute atomic E-state index is 10.9. The predicted molar refractivity (Wildman–Crippen MR) is 38.2 cm³/mol. The van der Waals surface area contributed by atoms with Gasteiger partial charge in [0, 0.05) is 18.5 Å². The highest BCUT2D eigenvalue weighted by molar-refractivity contribution is 7.14. The highest BCUT2D eigenvalue weighted by atomic mass is 32.1. The largest absolute Gasteiger partial charge is 0.269 e. The lowest BCUT2D eigenvalue weighted by atomic mass is 10.6. The third-order valence-corrected chi connectivity index (χ3v) is 1.89. The van der Waals surface area contributed by atoms with E-state index < -0.39 is 0 Å². The van der Waals surface area contributed by atoms with Crippen molar-refractivity contribution in [2.75, 3.05) is 0 Å². The van der Waals surface area contributed by atoms with Crippen LogP contribution < -0.4 is 5.56 Å². The smallest absolute Gasteiger partial charge is 0.258 e. The van der Waals surface area contributed by atoms with Crippen molar-refractivity contribution >= 4 is 16.3 Å². The van der Waals surface area contributed by atoms with Crippen molar-refractivity contribution in [1.29, 1.82) is 0 Å². The molecule has 0 fully saturated rings. The van der Waals surface area contributed by atoms with Crippen LogP contribution >= 0.6 is 11.3 Å². The number of fused-ring (bicyclic) bond motifs is 1. The summed E-state index contributed by atoms with van der Waals surface area (Å²) in [7, 11) is 0. The Balaban J connectivity index is 3.09. The van der Waals surface area contributed by atoms with Crippen molar-refractivity contribution in [2.45, 2.75) is 0 Å². The Morgan fingerprint density at radius 1 is 1.70 bits per heavy atom. The van der Waals surface area contributed by atoms with E-state index in [1.165, 1.54) is 28.0 Å². The standard InChI is InChI=1S/C6H3N2OS/c9-5-1-2-7-6-8(5)3-4-10-6/h1-3H. The molecule has 3 nitrogen and oxygen atoms in total. The predicted octanol–water partition coefficient (Wildman–Crippen LogP) is 0.556. The third kappa shape index (κ3) is 0.657. The summed E-state index contributed by atoms with van der Waals surface area (Å²) in [5.41, 5.74) is -0.0532. The summed E-state index contributed by atoms with van der Waals surface area (Å²) in [6, 6.07) is 1.42. The molecule has 0 N–H and O–H groups in total. The zero-order chi connectivity index (χ0) is 6.97. The topological polar surface area (TPSA) is 34.4 Å². The second-order valence-corrected chi connectivity index (χ2v) is 2.59. The molecular formula is C6H3N2OS. The van der Waals surface area contributed by atoms with Crippen LogP contribution in [0.25, 0.3) is 4.96 Å². The molecule has 4 heteroatoms. The Labute approximate surface area is 60.6 Å². The van der Waals surface area contributed by atoms with Gasteiger partial charge in [0.05, 0.1) is 5.38 Å². The number of aromatic nitrogens is 2. The SMILES string of the molecule is O=c1ccnc2s[c]cn12. The van der Waals surface area contributed by atoms with Crippen LogP contribution in [0.15, 0.2) is 23.3 Å². The van der Waals surface area contributed by atoms with Crippen LogP contribution in [0.3, 0.4) is 0 Å². The summed E-state index contributed by atoms with van der Waals surface area (Å²) in [5, 5.41) is 2.82. The molecular weight excluding hydrogens is 148 g/mol. The van der Waals surface area contributed by atoms with Crippen LogP contribution in [-0.4, -0.2) is 9.38 Å². The van der Waals surface area contributed by atoms with Gasteiger partial charge in [-0.15, -0.1) is 0 Å². The molecule has 10 heavy (non-hydrogen) atoms. The second kappa shape index (κ2) is 1.91. The average Bonchev–Trinajstić information content (AvgIpc) is 2.36. The first-order chi connectivity index (χ1) is 4.88. The van der Waals surface area contributed by atoms with Gasteiger partial charge in [0.15, 0.2) is 4.96 Å². The van der Waals surface area contributed by atoms with Gasteiger partial charge in [-0.3, -0.25) is 9.20 Å². The van der Waals surface area contributed by atoms with Crippen LogP contribution in [0.5, 0.6) is 0 Å². The molecule has 0 saturated carbocycles. The molecule has 2 heterocycles. The molecule has 0 spiro atoms. The van der Waals surface area contributed by atoms with Gasteiger partial charge in [0.25, 0.3) is 5.56 Å². The first-order valence-electron chi connectivity index (χ1n) is 2.71. The van der Waals surface area contributed by atoms with Crippen LogP contribution in [-0.2, 0) is 0 Å². The van der Waals surface area contributed by atoms with E-state index in [4.69, 9.17) is 0 Å². The number of hydrogen-bond donors (Lipinski definition) is 0. The third-order valence-electron chi connectivity index (χ3n) is 1.18. The van der Waals surface area contributed by atoms with E-state index in [1.54, 1.807) is 6.20 Å². The van der Waals surface area contributed by atoms with Crippen molar-refractivity contribution in [2.24, 2.45) is 0 Å². The van der Waals surface area contributed by atoms with Gasteiger partial charge in [0.2, 0.25) is 0 Å². The normalized spacial score (nSPS) is 10.4. The average molecular weight is 151 g/mol. The van der Waals surface area contributed by atoms with Gasteiger partial charge in [-0.2, -0.15) is 0 Å². The Hall–Kier alpha value is -1.16. The maximum atomic E-state index is 10.9. The first kappa shape index (κ1) is 5.61. The number of thiazole rings is 1. The van der Waals surface area contributed by atoms with Crippen molar-refractivity contribution < 1.29 is 0 Å². The molecule has 0 atom stereocenters. The van der Waals surface area contributed by atoms with E-state index in [0.717, 1.165) is 0 Å². The summed E-state index contributed by atoms with van der Waals surface area (Å²) >= 11 is 1.33. The van der Waals surface area contributed by atoms with Crippen molar-refractivity contribution in [3.8, 4) is 0 Å². The maximum Gasteiger partial charge on any atom is 0.258 e. The van der Waals surface area contributed by atoms with Crippen LogP contribution in [0.4, 0.5) is 0 Å². The van der Waals surface area contributed by atoms with Crippen LogP contribution in [0.2, 0.25) is 0 Å². The highest BCUT2D eigenvalue weighted by Gasteiger charge is 1.93. The summed E-state index contributed by atoms with van der Waals surface area (Å²) in [5.74, 6) is 0. The van der Waals surface area contributed by atoms with Crippen molar-refractivity contribution in [1.82, 2.24) is 9.38 Å². The number of hydrogen-bond acceptors (Lipinski definition) is 3. The van der Waals surface area contributed by atoms with Crippen LogP contribution in [0, 0.1) is 5.38 Å². The van der Waals surface area contributed by atoms with Gasteiger partial charge in [-0.25, -0.2) is 4.98 Å². The monoisotopic (exact) mass is 151 g/mol. The van der Waals surface area contributed by atoms with Crippen LogP contribution in [0.1, 0.15) is 0 Å². The molecule has 0 aliphatic rings. The zero-order valence-corrected chi connectivity index (χ0v) is 5.76. The zero-order valence-electron chi connectivity index (χ0n) is 4.94. The van der Waals surface area contributed by atoms with Crippen molar-refractivity contribution in [3.63, 3.8) is 0 Å². The second-order valence-electron chi connectivity index (χ2n) is 1.78. The van der Waals surface area contributed by atoms with E-state index >= 15 is 0 Å². The quantitative estimate of drug-likeness (QED) is 0.551. The Morgan fingerprint density at radius 2 is 2.60 bits per heavy atom. The molecule has 0 amide bonds. The van der Waals surface area contributed by atoms with Gasteiger partial charge in [-0.1, -0.05) is 11.3 Å². The summed E-state index contributed by atoms with van der Waals surface area (Å²) in [6.07, 6.45) is 3.09. The highest BCUT2D eigenvalue weighted by Crippen LogP contribution is 2.01. The molecule has 2 rings (SSSR count). The Kier molecular flexibility index (Phi) is 1.07. The molecule has 0 saturated heterocycles. The molecule has 1 radical (unpaired) electrons. The van der Waals surface area contributed by atoms with Crippen molar-refractivity contribution in [3.05, 3.63) is 34.2 Å². The van der Waals surface area contributed by atoms with Gasteiger partial charge in [0.1, 0.15) is 0 Å². The molecule has 0 bridgehead atoms. The minimum Gasteiger partial charge on any atom is -0.269 e. The minimum atomic E-state index is -0.0532. The van der Waals surface area contributed by atoms with E-state index in [9.17, 15) is 4.79 Å². The molecule has 2 aromatic heterocycles. The lowest BCUT2D eigenvalue weighted by Gasteiger charge is -1.85. The lowest BCUT2D eigenvalue weighted by molar-refractivity contribution is 1.08. The Bertz CT molecular complexity index is 403. The van der Waals surface area contributed by atoms with E-state index in [0.29, 0.717) is 4.96 Å². The minimum absolute atomic E-state index is 0.0532. The summed E-state index contributed by atoms with van der Waals surface area (Å²) in [4.78, 5) is 15.6. The van der Waals surface area contributed by atoms with Gasteiger partial charge < -0.3 is 0 Å². The number of nitrogens with zero attached hydrogens (tertiary/aromatic N) is 2. The van der Waals surface area contributed by atoms with E-state index in [1.807, 2.05) is 0 Å². The molecule has 0 aliphatic heterocycles. The first-order valence-corrected chi connectivity index (χ1v) is 3.53. The lowest BCUT2D eigenvalue weighted by Crippen LogP contribution is -2.09. The molecule has 49 valence electrons. The number of rotatable bonds is 0. The van der Waals surface area contributed by atoms with Gasteiger partial charge >= 0.3 is 0 Å². The van der Waals surface area contributed by atoms with Gasteiger partial charge in [-0.05, 0) is 0 Å². The van der Waals surface area contributed by atoms with E-state index in [2.05, 4.69) is 10.4 Å². The fourth-order valence-electron chi connectivity index (χ4n) is 0.728. The fraction of sp³-hybridized carbons (Fsp3) is 0.